The highest BCUT2D eigenvalue weighted by molar-refractivity contribution is 5.53. The minimum Gasteiger partial charge on any atom is -0.497 e. The number of hydrogen-bond donors (Lipinski definition) is 2. The Bertz CT molecular complexity index is 991. The van der Waals surface area contributed by atoms with Crippen LogP contribution in [0.2, 0.25) is 0 Å². The van der Waals surface area contributed by atoms with Crippen molar-refractivity contribution in [1.82, 2.24) is 15.3 Å². The maximum absolute atomic E-state index is 6.05. The summed E-state index contributed by atoms with van der Waals surface area (Å²) >= 11 is 0. The average Bonchev–Trinajstić information content (AvgIpc) is 3.33. The van der Waals surface area contributed by atoms with Crippen molar-refractivity contribution in [3.05, 3.63) is 54.7 Å². The molecule has 1 aliphatic heterocycles. The van der Waals surface area contributed by atoms with Gasteiger partial charge >= 0.3 is 6.01 Å². The van der Waals surface area contributed by atoms with Gasteiger partial charge in [0.1, 0.15) is 28.7 Å². The molecule has 3 aromatic rings. The van der Waals surface area contributed by atoms with Crippen LogP contribution >= 0.6 is 0 Å². The fraction of sp³-hybridized carbons (Fsp3) is 0.304. The number of nitrogens with zero attached hydrogens (tertiary/aromatic N) is 2. The molecule has 8 nitrogen and oxygen atoms in total. The third kappa shape index (κ3) is 5.55. The Kier molecular flexibility index (Phi) is 6.68. The first-order valence-corrected chi connectivity index (χ1v) is 10.2. The van der Waals surface area contributed by atoms with Crippen molar-refractivity contribution in [3.8, 4) is 34.9 Å². The van der Waals surface area contributed by atoms with Gasteiger partial charge in [0.2, 0.25) is 5.88 Å². The standard InChI is InChI=1S/C23H26N4O4/c1-28-17-8-10-18(11-9-17)30-22-21(25-14-16-5-4-12-24-16)15-26-23(27-22)31-20-7-3-6-19(13-20)29-2/h3,6-11,13,15-16,24-25H,4-5,12,14H2,1-2H3/t16-/m0/s1. The maximum Gasteiger partial charge on any atom is 0.325 e. The quantitative estimate of drug-likeness (QED) is 0.529. The number of hydrogen-bond acceptors (Lipinski definition) is 8. The van der Waals surface area contributed by atoms with Crippen LogP contribution in [-0.2, 0) is 0 Å². The molecular weight excluding hydrogens is 396 g/mol. The molecule has 0 spiro atoms. The minimum atomic E-state index is 0.182. The Hall–Kier alpha value is -3.52. The lowest BCUT2D eigenvalue weighted by molar-refractivity contribution is 0.396. The van der Waals surface area contributed by atoms with E-state index in [1.807, 2.05) is 42.5 Å². The summed E-state index contributed by atoms with van der Waals surface area (Å²) in [7, 11) is 3.23. The lowest BCUT2D eigenvalue weighted by Crippen LogP contribution is -2.29. The number of nitrogens with one attached hydrogen (secondary N) is 2. The Morgan fingerprint density at radius 3 is 2.48 bits per heavy atom. The predicted octanol–water partition coefficient (Wildman–Crippen LogP) is 4.24. The normalized spacial score (nSPS) is 15.4. The molecule has 0 amide bonds. The monoisotopic (exact) mass is 422 g/mol. The number of anilines is 1. The fourth-order valence-corrected chi connectivity index (χ4v) is 3.29. The van der Waals surface area contributed by atoms with Crippen molar-refractivity contribution in [2.45, 2.75) is 18.9 Å². The third-order valence-corrected chi connectivity index (χ3v) is 4.96. The van der Waals surface area contributed by atoms with Gasteiger partial charge in [-0.25, -0.2) is 4.98 Å². The molecule has 8 heteroatoms. The summed E-state index contributed by atoms with van der Waals surface area (Å²) in [5.41, 5.74) is 0.697. The fourth-order valence-electron chi connectivity index (χ4n) is 3.29. The van der Waals surface area contributed by atoms with Gasteiger partial charge in [-0.2, -0.15) is 4.98 Å². The lowest BCUT2D eigenvalue weighted by atomic mass is 10.2. The zero-order valence-electron chi connectivity index (χ0n) is 17.6. The molecule has 0 radical (unpaired) electrons. The van der Waals surface area contributed by atoms with Gasteiger partial charge in [-0.3, -0.25) is 0 Å². The smallest absolute Gasteiger partial charge is 0.325 e. The Labute approximate surface area is 181 Å². The van der Waals surface area contributed by atoms with Gasteiger partial charge < -0.3 is 29.6 Å². The van der Waals surface area contributed by atoms with E-state index in [2.05, 4.69) is 20.6 Å². The third-order valence-electron chi connectivity index (χ3n) is 4.96. The summed E-state index contributed by atoms with van der Waals surface area (Å²) in [6.45, 7) is 1.81. The summed E-state index contributed by atoms with van der Waals surface area (Å²) < 4.78 is 22.3. The number of benzene rings is 2. The van der Waals surface area contributed by atoms with Crippen LogP contribution < -0.4 is 29.6 Å². The molecule has 0 saturated carbocycles. The highest BCUT2D eigenvalue weighted by Crippen LogP contribution is 2.31. The highest BCUT2D eigenvalue weighted by Gasteiger charge is 2.17. The van der Waals surface area contributed by atoms with Crippen LogP contribution in [0.4, 0.5) is 5.69 Å². The number of aromatic nitrogens is 2. The van der Waals surface area contributed by atoms with Gasteiger partial charge in [-0.1, -0.05) is 6.07 Å². The summed E-state index contributed by atoms with van der Waals surface area (Å²) in [6, 6.07) is 15.2. The van der Waals surface area contributed by atoms with Crippen LogP contribution in [0.1, 0.15) is 12.8 Å². The van der Waals surface area contributed by atoms with E-state index in [4.69, 9.17) is 18.9 Å². The molecular formula is C23H26N4O4. The molecule has 1 aromatic heterocycles. The van der Waals surface area contributed by atoms with E-state index in [1.54, 1.807) is 26.5 Å². The van der Waals surface area contributed by atoms with Crippen LogP contribution in [-0.4, -0.2) is 43.3 Å². The van der Waals surface area contributed by atoms with Gasteiger partial charge in [0.05, 0.1) is 20.4 Å². The molecule has 1 fully saturated rings. The SMILES string of the molecule is COc1ccc(Oc2nc(Oc3cccc(OC)c3)ncc2NC[C@@H]2CCCN2)cc1. The first-order valence-electron chi connectivity index (χ1n) is 10.2. The van der Waals surface area contributed by atoms with E-state index in [1.165, 1.54) is 6.42 Å². The average molecular weight is 422 g/mol. The van der Waals surface area contributed by atoms with Crippen molar-refractivity contribution < 1.29 is 18.9 Å². The van der Waals surface area contributed by atoms with Crippen molar-refractivity contribution >= 4 is 5.69 Å². The van der Waals surface area contributed by atoms with Crippen molar-refractivity contribution in [2.75, 3.05) is 32.6 Å². The van der Waals surface area contributed by atoms with E-state index in [0.29, 0.717) is 34.9 Å². The van der Waals surface area contributed by atoms with Gasteiger partial charge in [0.25, 0.3) is 0 Å². The molecule has 1 saturated heterocycles. The van der Waals surface area contributed by atoms with Crippen molar-refractivity contribution in [2.24, 2.45) is 0 Å². The molecule has 0 aliphatic carbocycles. The Balaban J connectivity index is 1.55. The van der Waals surface area contributed by atoms with E-state index in [-0.39, 0.29) is 6.01 Å². The van der Waals surface area contributed by atoms with E-state index >= 15 is 0 Å². The molecule has 1 aliphatic rings. The predicted molar refractivity (Wildman–Crippen MR) is 118 cm³/mol. The van der Waals surface area contributed by atoms with Gasteiger partial charge in [-0.05, 0) is 55.8 Å². The lowest BCUT2D eigenvalue weighted by Gasteiger charge is -2.16. The summed E-state index contributed by atoms with van der Waals surface area (Å²) in [6.07, 6.45) is 4.00. The molecule has 2 N–H and O–H groups in total. The first kappa shape index (κ1) is 20.7. The molecule has 1 atom stereocenters. The van der Waals surface area contributed by atoms with Crippen LogP contribution in [0.5, 0.6) is 34.9 Å². The zero-order valence-corrected chi connectivity index (χ0v) is 17.6. The van der Waals surface area contributed by atoms with Gasteiger partial charge in [-0.15, -0.1) is 0 Å². The van der Waals surface area contributed by atoms with E-state index in [9.17, 15) is 0 Å². The Morgan fingerprint density at radius 1 is 0.968 bits per heavy atom. The van der Waals surface area contributed by atoms with Crippen molar-refractivity contribution in [1.29, 1.82) is 0 Å². The molecule has 31 heavy (non-hydrogen) atoms. The molecule has 4 rings (SSSR count). The second-order valence-electron chi connectivity index (χ2n) is 7.10. The van der Waals surface area contributed by atoms with E-state index in [0.717, 1.165) is 25.3 Å². The summed E-state index contributed by atoms with van der Waals surface area (Å²) in [5, 5.41) is 6.86. The molecule has 2 heterocycles. The largest absolute Gasteiger partial charge is 0.497 e. The van der Waals surface area contributed by atoms with Crippen molar-refractivity contribution in [3.63, 3.8) is 0 Å². The summed E-state index contributed by atoms with van der Waals surface area (Å²) in [4.78, 5) is 8.84. The van der Waals surface area contributed by atoms with Crippen LogP contribution in [0, 0.1) is 0 Å². The maximum atomic E-state index is 6.05. The minimum absolute atomic E-state index is 0.182. The van der Waals surface area contributed by atoms with Crippen LogP contribution in [0.25, 0.3) is 0 Å². The highest BCUT2D eigenvalue weighted by atomic mass is 16.5. The first-order chi connectivity index (χ1) is 15.2. The molecule has 162 valence electrons. The number of methoxy groups -OCH3 is 2. The second-order valence-corrected chi connectivity index (χ2v) is 7.10. The number of ether oxygens (including phenoxy) is 4. The van der Waals surface area contributed by atoms with Crippen LogP contribution in [0.3, 0.4) is 0 Å². The second kappa shape index (κ2) is 9.99. The number of rotatable bonds is 9. The molecule has 2 aromatic carbocycles. The topological polar surface area (TPSA) is 86.8 Å². The molecule has 0 bridgehead atoms. The van der Waals surface area contributed by atoms with Gasteiger partial charge in [0.15, 0.2) is 0 Å². The summed E-state index contributed by atoms with van der Waals surface area (Å²) in [5.74, 6) is 3.04. The van der Waals surface area contributed by atoms with E-state index < -0.39 is 0 Å². The van der Waals surface area contributed by atoms with Gasteiger partial charge in [0, 0.05) is 18.7 Å². The van der Waals surface area contributed by atoms with Crippen LogP contribution in [0.15, 0.2) is 54.7 Å². The molecule has 0 unspecified atom stereocenters. The zero-order chi connectivity index (χ0) is 21.5. The Morgan fingerprint density at radius 2 is 1.74 bits per heavy atom.